The lowest BCUT2D eigenvalue weighted by atomic mass is 9.87. The number of carbonyl (C=O) groups excluding carboxylic acids is 7. The number of ketones is 4. The molecule has 0 fully saturated rings. The summed E-state index contributed by atoms with van der Waals surface area (Å²) in [6.07, 6.45) is 6.43. The van der Waals surface area contributed by atoms with E-state index in [2.05, 4.69) is 12.2 Å². The van der Waals surface area contributed by atoms with Gasteiger partial charge in [-0.2, -0.15) is 0 Å². The zero-order valence-corrected chi connectivity index (χ0v) is 36.2. The number of hydrogen-bond donors (Lipinski definition) is 4. The van der Waals surface area contributed by atoms with Crippen molar-refractivity contribution in [2.75, 3.05) is 33.4 Å². The van der Waals surface area contributed by atoms with Crippen LogP contribution in [0.2, 0.25) is 0 Å². The van der Waals surface area contributed by atoms with Gasteiger partial charge in [0.1, 0.15) is 42.3 Å². The summed E-state index contributed by atoms with van der Waals surface area (Å²) in [5.41, 5.74) is 19.3. The zero-order chi connectivity index (χ0) is 44.4. The van der Waals surface area contributed by atoms with Crippen LogP contribution in [0.5, 0.6) is 11.5 Å². The highest BCUT2D eigenvalue weighted by atomic mass is 16.5. The number of amides is 3. The Morgan fingerprint density at radius 1 is 0.833 bits per heavy atom. The van der Waals surface area contributed by atoms with E-state index in [9.17, 15) is 33.6 Å². The molecule has 2 aromatic carbocycles. The summed E-state index contributed by atoms with van der Waals surface area (Å²) in [6, 6.07) is 8.04. The summed E-state index contributed by atoms with van der Waals surface area (Å²) in [6.45, 7) is 7.52. The van der Waals surface area contributed by atoms with Gasteiger partial charge in [-0.05, 0) is 55.2 Å². The van der Waals surface area contributed by atoms with Gasteiger partial charge in [0.25, 0.3) is 0 Å². The summed E-state index contributed by atoms with van der Waals surface area (Å²) in [7, 11) is 1.44. The number of nitrogens with zero attached hydrogens (tertiary/aromatic N) is 1. The van der Waals surface area contributed by atoms with E-state index in [-0.39, 0.29) is 75.8 Å². The Bertz CT molecular complexity index is 1810. The van der Waals surface area contributed by atoms with Crippen molar-refractivity contribution in [2.45, 2.75) is 123 Å². The molecule has 60 heavy (non-hydrogen) atoms. The highest BCUT2D eigenvalue weighted by molar-refractivity contribution is 5.97. The molecule has 0 saturated carbocycles. The molecule has 0 unspecified atom stereocenters. The molecule has 14 heteroatoms. The minimum Gasteiger partial charge on any atom is -0.492 e. The molecule has 14 nitrogen and oxygen atoms in total. The van der Waals surface area contributed by atoms with Crippen LogP contribution in [-0.4, -0.2) is 85.1 Å². The Morgan fingerprint density at radius 2 is 1.43 bits per heavy atom. The van der Waals surface area contributed by atoms with Gasteiger partial charge in [-0.25, -0.2) is 0 Å². The number of ether oxygens (including phenoxy) is 2. The van der Waals surface area contributed by atoms with Gasteiger partial charge in [-0.3, -0.25) is 33.6 Å². The molecule has 7 N–H and O–H groups in total. The fraction of sp³-hybridized carbons (Fsp3) is 0.587. The van der Waals surface area contributed by atoms with E-state index >= 15 is 0 Å². The van der Waals surface area contributed by atoms with Crippen LogP contribution >= 0.6 is 0 Å². The standard InChI is InChI=1S/C46H67N5O9/c1-6-7-8-9-10-11-12-13-35(53)26-34(28-43(49)56)46(58)51(5)44-33-15-17-42(60-21-19-48)37(27-33)36-24-32(14-16-41(36)59-20-18-47)25-38(39(54)22-29(2)31(4)52)50-45(57)30(3)23-40(44)55/h14-17,24,27,29-30,34,38,44H,6-13,18-23,25-26,28,47-48H2,1-5H3,(H2,49,56)(H,50,57)/t29-,30-,34+,38+,44+/m1/s1. The fourth-order valence-electron chi connectivity index (χ4n) is 7.51. The second-order valence-electron chi connectivity index (χ2n) is 16.2. The van der Waals surface area contributed by atoms with Crippen molar-refractivity contribution in [1.82, 2.24) is 10.2 Å². The van der Waals surface area contributed by atoms with Gasteiger partial charge in [0.05, 0.1) is 12.0 Å². The molecule has 3 rings (SSSR count). The first kappa shape index (κ1) is 49.4. The fourth-order valence-corrected chi connectivity index (χ4v) is 7.51. The van der Waals surface area contributed by atoms with E-state index in [1.165, 1.54) is 25.3 Å². The average molecular weight is 834 g/mol. The number of fused-ring (bicyclic) bond motifs is 5. The normalized spacial score (nSPS) is 17.8. The van der Waals surface area contributed by atoms with Gasteiger partial charge in [0.2, 0.25) is 17.7 Å². The lowest BCUT2D eigenvalue weighted by Gasteiger charge is -2.32. The third-order valence-corrected chi connectivity index (χ3v) is 11.1. The molecule has 0 aliphatic carbocycles. The van der Waals surface area contributed by atoms with Crippen LogP contribution < -0.4 is 32.0 Å². The number of likely N-dealkylation sites (N-methyl/N-ethyl adjacent to an activating group) is 1. The predicted octanol–water partition coefficient (Wildman–Crippen LogP) is 4.94. The summed E-state index contributed by atoms with van der Waals surface area (Å²) < 4.78 is 12.2. The number of unbranched alkanes of at least 4 members (excludes halogenated alkanes) is 6. The van der Waals surface area contributed by atoms with Crippen LogP contribution in [0, 0.1) is 17.8 Å². The predicted molar refractivity (Wildman–Crippen MR) is 230 cm³/mol. The van der Waals surface area contributed by atoms with Crippen LogP contribution in [-0.2, 0) is 40.0 Å². The van der Waals surface area contributed by atoms with Crippen LogP contribution in [0.4, 0.5) is 0 Å². The quantitative estimate of drug-likeness (QED) is 0.104. The molecule has 0 spiro atoms. The lowest BCUT2D eigenvalue weighted by molar-refractivity contribution is -0.144. The Labute approximate surface area is 355 Å². The van der Waals surface area contributed by atoms with Crippen molar-refractivity contribution < 1.29 is 43.0 Å². The smallest absolute Gasteiger partial charge is 0.227 e. The van der Waals surface area contributed by atoms with Gasteiger partial charge in [0, 0.05) is 75.2 Å². The molecule has 0 aromatic heterocycles. The van der Waals surface area contributed by atoms with Gasteiger partial charge < -0.3 is 36.9 Å². The molecule has 2 aromatic rings. The Hall–Kier alpha value is -4.95. The first-order valence-electron chi connectivity index (χ1n) is 21.5. The van der Waals surface area contributed by atoms with E-state index in [0.717, 1.165) is 32.1 Å². The molecule has 1 aliphatic heterocycles. The molecule has 3 amide bonds. The van der Waals surface area contributed by atoms with Crippen molar-refractivity contribution in [1.29, 1.82) is 0 Å². The third kappa shape index (κ3) is 14.9. The first-order valence-corrected chi connectivity index (χ1v) is 21.5. The van der Waals surface area contributed by atoms with E-state index in [0.29, 0.717) is 40.2 Å². The van der Waals surface area contributed by atoms with E-state index in [1.807, 2.05) is 6.07 Å². The van der Waals surface area contributed by atoms with Gasteiger partial charge in [0.15, 0.2) is 11.6 Å². The number of benzene rings is 2. The minimum atomic E-state index is -1.28. The molecular weight excluding hydrogens is 767 g/mol. The Kier molecular flexibility index (Phi) is 20.6. The molecule has 0 saturated heterocycles. The van der Waals surface area contributed by atoms with Crippen LogP contribution in [0.15, 0.2) is 36.4 Å². The molecule has 4 bridgehead atoms. The second kappa shape index (κ2) is 25.0. The van der Waals surface area contributed by atoms with Crippen LogP contribution in [0.25, 0.3) is 11.1 Å². The summed E-state index contributed by atoms with van der Waals surface area (Å²) in [5.74, 6) is -4.93. The van der Waals surface area contributed by atoms with Crippen molar-refractivity contribution >= 4 is 40.9 Å². The minimum absolute atomic E-state index is 0.0809. The van der Waals surface area contributed by atoms with Gasteiger partial charge in [-0.1, -0.05) is 71.4 Å². The van der Waals surface area contributed by atoms with Gasteiger partial charge >= 0.3 is 0 Å². The maximum atomic E-state index is 14.6. The maximum absolute atomic E-state index is 14.6. The highest BCUT2D eigenvalue weighted by Gasteiger charge is 2.37. The summed E-state index contributed by atoms with van der Waals surface area (Å²) in [5, 5.41) is 2.84. The van der Waals surface area contributed by atoms with Gasteiger partial charge in [-0.15, -0.1) is 0 Å². The largest absolute Gasteiger partial charge is 0.492 e. The molecule has 1 aliphatic rings. The second-order valence-corrected chi connectivity index (χ2v) is 16.2. The summed E-state index contributed by atoms with van der Waals surface area (Å²) in [4.78, 5) is 95.5. The number of hydrogen-bond acceptors (Lipinski definition) is 11. The lowest BCUT2D eigenvalue weighted by Crippen LogP contribution is -2.46. The number of Topliss-reactive ketones (excluding diaryl/α,β-unsaturated/α-hetero) is 4. The average Bonchev–Trinajstić information content (AvgIpc) is 3.20. The van der Waals surface area contributed by atoms with Crippen LogP contribution in [0.1, 0.15) is 122 Å². The first-order chi connectivity index (χ1) is 28.6. The molecule has 0 radical (unpaired) electrons. The Morgan fingerprint density at radius 3 is 2.03 bits per heavy atom. The zero-order valence-electron chi connectivity index (χ0n) is 36.2. The molecule has 330 valence electrons. The number of primary amides is 1. The van der Waals surface area contributed by atoms with E-state index < -0.39 is 59.8 Å². The Balaban J connectivity index is 2.16. The van der Waals surface area contributed by atoms with Crippen molar-refractivity contribution in [2.24, 2.45) is 35.0 Å². The maximum Gasteiger partial charge on any atom is 0.227 e. The van der Waals surface area contributed by atoms with Crippen molar-refractivity contribution in [3.8, 4) is 22.6 Å². The number of nitrogens with one attached hydrogen (secondary N) is 1. The SMILES string of the molecule is CCCCCCCCCC(=O)C[C@@H](CC(N)=O)C(=O)N(C)[C@@H]1C(=O)C[C@@H](C)C(=O)N[C@H](C(=O)C[C@@H](C)C(C)=O)Cc2ccc(OCCN)c(c2)-c2cc1ccc2OCCN. The highest BCUT2D eigenvalue weighted by Crippen LogP contribution is 2.41. The number of carbonyl (C=O) groups is 7. The summed E-state index contributed by atoms with van der Waals surface area (Å²) >= 11 is 0. The number of rotatable bonds is 24. The molecule has 5 atom stereocenters. The molecular formula is C46H67N5O9. The van der Waals surface area contributed by atoms with E-state index in [4.69, 9.17) is 26.7 Å². The van der Waals surface area contributed by atoms with Crippen LogP contribution in [0.3, 0.4) is 0 Å². The van der Waals surface area contributed by atoms with Crippen molar-refractivity contribution in [3.05, 3.63) is 47.5 Å². The number of nitrogens with two attached hydrogens (primary N) is 3. The monoisotopic (exact) mass is 833 g/mol. The van der Waals surface area contributed by atoms with E-state index in [1.54, 1.807) is 44.2 Å². The third-order valence-electron chi connectivity index (χ3n) is 11.1. The topological polar surface area (TPSA) is 231 Å². The van der Waals surface area contributed by atoms with Crippen molar-refractivity contribution in [3.63, 3.8) is 0 Å². The molecule has 1 heterocycles.